The van der Waals surface area contributed by atoms with E-state index in [0.29, 0.717) is 17.7 Å². The van der Waals surface area contributed by atoms with Crippen LogP contribution in [0.2, 0.25) is 0 Å². The van der Waals surface area contributed by atoms with Crippen LogP contribution in [-0.2, 0) is 11.2 Å². The minimum Gasteiger partial charge on any atom is -0.326 e. The number of aryl methyl sites for hydroxylation is 1. The van der Waals surface area contributed by atoms with Crippen molar-refractivity contribution in [3.05, 3.63) is 29.3 Å². The van der Waals surface area contributed by atoms with Gasteiger partial charge in [0.2, 0.25) is 5.91 Å². The maximum atomic E-state index is 11.5. The lowest BCUT2D eigenvalue weighted by molar-refractivity contribution is -0.114. The van der Waals surface area contributed by atoms with Crippen molar-refractivity contribution in [2.45, 2.75) is 19.8 Å². The second-order valence-electron chi connectivity index (χ2n) is 3.44. The van der Waals surface area contributed by atoms with Gasteiger partial charge in [0.15, 0.2) is 5.78 Å². The molecule has 0 spiro atoms. The molecule has 1 aliphatic rings. The van der Waals surface area contributed by atoms with Crippen LogP contribution in [0.1, 0.15) is 29.3 Å². The summed E-state index contributed by atoms with van der Waals surface area (Å²) in [4.78, 5) is 22.4. The van der Waals surface area contributed by atoms with Gasteiger partial charge >= 0.3 is 0 Å². The molecule has 1 aliphatic carbocycles. The van der Waals surface area contributed by atoms with E-state index in [0.717, 1.165) is 12.0 Å². The van der Waals surface area contributed by atoms with Gasteiger partial charge in [0.25, 0.3) is 0 Å². The second kappa shape index (κ2) is 3.25. The number of carbonyl (C=O) groups is 2. The van der Waals surface area contributed by atoms with E-state index in [9.17, 15) is 9.59 Å². The zero-order chi connectivity index (χ0) is 10.1. The minimum absolute atomic E-state index is 0.129. The van der Waals surface area contributed by atoms with Crippen molar-refractivity contribution in [3.8, 4) is 0 Å². The van der Waals surface area contributed by atoms with Crippen LogP contribution in [0.15, 0.2) is 18.2 Å². The Labute approximate surface area is 82.1 Å². The average Bonchev–Trinajstić information content (AvgIpc) is 2.48. The van der Waals surface area contributed by atoms with Crippen molar-refractivity contribution in [1.82, 2.24) is 0 Å². The van der Waals surface area contributed by atoms with Crippen LogP contribution in [-0.4, -0.2) is 11.7 Å². The Bertz CT molecular complexity index is 410. The first-order valence-corrected chi connectivity index (χ1v) is 4.61. The predicted molar refractivity (Wildman–Crippen MR) is 53.4 cm³/mol. The summed E-state index contributed by atoms with van der Waals surface area (Å²) in [7, 11) is 0. The highest BCUT2D eigenvalue weighted by Gasteiger charge is 2.22. The maximum absolute atomic E-state index is 11.5. The van der Waals surface area contributed by atoms with Crippen LogP contribution < -0.4 is 5.32 Å². The summed E-state index contributed by atoms with van der Waals surface area (Å²) in [5.74, 6) is -0.0116. The van der Waals surface area contributed by atoms with Crippen molar-refractivity contribution in [3.63, 3.8) is 0 Å². The number of nitrogens with one attached hydrogen (secondary N) is 1. The van der Waals surface area contributed by atoms with E-state index < -0.39 is 0 Å². The van der Waals surface area contributed by atoms with E-state index in [2.05, 4.69) is 5.32 Å². The summed E-state index contributed by atoms with van der Waals surface area (Å²) in [6.45, 7) is 1.44. The summed E-state index contributed by atoms with van der Waals surface area (Å²) < 4.78 is 0. The normalized spacial score (nSPS) is 13.9. The number of benzene rings is 1. The molecule has 0 aromatic heterocycles. The number of anilines is 1. The minimum atomic E-state index is -0.141. The van der Waals surface area contributed by atoms with Crippen LogP contribution >= 0.6 is 0 Å². The fourth-order valence-corrected chi connectivity index (χ4v) is 1.80. The Morgan fingerprint density at radius 2 is 2.14 bits per heavy atom. The largest absolute Gasteiger partial charge is 0.326 e. The van der Waals surface area contributed by atoms with Crippen LogP contribution in [0.3, 0.4) is 0 Å². The molecular weight excluding hydrogens is 178 g/mol. The fourth-order valence-electron chi connectivity index (χ4n) is 1.80. The Kier molecular flexibility index (Phi) is 2.08. The van der Waals surface area contributed by atoms with Gasteiger partial charge in [-0.3, -0.25) is 9.59 Å². The SMILES string of the molecule is CC(=O)Nc1cccc2c1C(=O)CC2. The quantitative estimate of drug-likeness (QED) is 0.731. The lowest BCUT2D eigenvalue weighted by Gasteiger charge is -2.06. The molecule has 0 radical (unpaired) electrons. The summed E-state index contributed by atoms with van der Waals surface area (Å²) in [5.41, 5.74) is 2.39. The third-order valence-electron chi connectivity index (χ3n) is 2.36. The van der Waals surface area contributed by atoms with Gasteiger partial charge in [0.05, 0.1) is 5.69 Å². The van der Waals surface area contributed by atoms with E-state index in [4.69, 9.17) is 0 Å². The number of rotatable bonds is 1. The number of fused-ring (bicyclic) bond motifs is 1. The van der Waals surface area contributed by atoms with Gasteiger partial charge < -0.3 is 5.32 Å². The second-order valence-corrected chi connectivity index (χ2v) is 3.44. The summed E-state index contributed by atoms with van der Waals surface area (Å²) in [6.07, 6.45) is 1.35. The lowest BCUT2D eigenvalue weighted by Crippen LogP contribution is -2.09. The fraction of sp³-hybridized carbons (Fsp3) is 0.273. The topological polar surface area (TPSA) is 46.2 Å². The van der Waals surface area contributed by atoms with Crippen LogP contribution in [0.25, 0.3) is 0 Å². The Balaban J connectivity index is 2.46. The van der Waals surface area contributed by atoms with E-state index in [-0.39, 0.29) is 11.7 Å². The molecule has 14 heavy (non-hydrogen) atoms. The van der Waals surface area contributed by atoms with Gasteiger partial charge in [-0.15, -0.1) is 0 Å². The number of Topliss-reactive ketones (excluding diaryl/α,β-unsaturated/α-hetero) is 1. The van der Waals surface area contributed by atoms with E-state index in [1.807, 2.05) is 12.1 Å². The zero-order valence-corrected chi connectivity index (χ0v) is 7.96. The van der Waals surface area contributed by atoms with Gasteiger partial charge in [0, 0.05) is 18.9 Å². The molecule has 1 aromatic rings. The highest BCUT2D eigenvalue weighted by molar-refractivity contribution is 6.07. The number of hydrogen-bond acceptors (Lipinski definition) is 2. The zero-order valence-electron chi connectivity index (χ0n) is 7.96. The van der Waals surface area contributed by atoms with E-state index in [1.54, 1.807) is 6.07 Å². The summed E-state index contributed by atoms with van der Waals surface area (Å²) in [5, 5.41) is 2.68. The Morgan fingerprint density at radius 1 is 1.36 bits per heavy atom. The number of carbonyl (C=O) groups excluding carboxylic acids is 2. The molecule has 0 bridgehead atoms. The first kappa shape index (κ1) is 8.94. The molecule has 3 heteroatoms. The van der Waals surface area contributed by atoms with E-state index in [1.165, 1.54) is 6.92 Å². The van der Waals surface area contributed by atoms with Crippen LogP contribution in [0, 0.1) is 0 Å². The standard InChI is InChI=1S/C11H11NO2/c1-7(13)12-9-4-2-3-8-5-6-10(14)11(8)9/h2-4H,5-6H2,1H3,(H,12,13). The predicted octanol–water partition coefficient (Wildman–Crippen LogP) is 1.77. The van der Waals surface area contributed by atoms with Gasteiger partial charge in [-0.2, -0.15) is 0 Å². The molecule has 0 fully saturated rings. The van der Waals surface area contributed by atoms with Crippen LogP contribution in [0.5, 0.6) is 0 Å². The Morgan fingerprint density at radius 3 is 2.86 bits per heavy atom. The maximum Gasteiger partial charge on any atom is 0.221 e. The monoisotopic (exact) mass is 189 g/mol. The first-order chi connectivity index (χ1) is 6.68. The van der Waals surface area contributed by atoms with Crippen molar-refractivity contribution < 1.29 is 9.59 Å². The molecule has 2 rings (SSSR count). The molecule has 72 valence electrons. The molecule has 0 aliphatic heterocycles. The van der Waals surface area contributed by atoms with Crippen molar-refractivity contribution in [1.29, 1.82) is 0 Å². The third-order valence-corrected chi connectivity index (χ3v) is 2.36. The molecule has 3 nitrogen and oxygen atoms in total. The molecule has 1 amide bonds. The third kappa shape index (κ3) is 1.41. The number of amides is 1. The summed E-state index contributed by atoms with van der Waals surface area (Å²) in [6, 6.07) is 5.57. The molecule has 0 saturated carbocycles. The Hall–Kier alpha value is -1.64. The molecule has 0 unspecified atom stereocenters. The van der Waals surface area contributed by atoms with Crippen molar-refractivity contribution >= 4 is 17.4 Å². The van der Waals surface area contributed by atoms with Crippen LogP contribution in [0.4, 0.5) is 5.69 Å². The first-order valence-electron chi connectivity index (χ1n) is 4.61. The van der Waals surface area contributed by atoms with Gasteiger partial charge in [-0.1, -0.05) is 12.1 Å². The lowest BCUT2D eigenvalue weighted by atomic mass is 10.1. The van der Waals surface area contributed by atoms with Crippen molar-refractivity contribution in [2.24, 2.45) is 0 Å². The highest BCUT2D eigenvalue weighted by atomic mass is 16.1. The highest BCUT2D eigenvalue weighted by Crippen LogP contribution is 2.28. The molecule has 0 atom stereocenters. The number of hydrogen-bond donors (Lipinski definition) is 1. The van der Waals surface area contributed by atoms with Crippen molar-refractivity contribution in [2.75, 3.05) is 5.32 Å². The van der Waals surface area contributed by atoms with Gasteiger partial charge in [-0.05, 0) is 18.1 Å². The van der Waals surface area contributed by atoms with Gasteiger partial charge in [-0.25, -0.2) is 0 Å². The molecule has 0 heterocycles. The molecule has 1 aromatic carbocycles. The van der Waals surface area contributed by atoms with E-state index >= 15 is 0 Å². The molecule has 0 saturated heterocycles. The average molecular weight is 189 g/mol. The number of ketones is 1. The molecular formula is C11H11NO2. The van der Waals surface area contributed by atoms with Gasteiger partial charge in [0.1, 0.15) is 0 Å². The molecule has 1 N–H and O–H groups in total. The smallest absolute Gasteiger partial charge is 0.221 e. The summed E-state index contributed by atoms with van der Waals surface area (Å²) >= 11 is 0.